The van der Waals surface area contributed by atoms with Crippen molar-refractivity contribution in [2.45, 2.75) is 26.2 Å². The molecule has 0 atom stereocenters. The molecule has 2 heteroatoms. The van der Waals surface area contributed by atoms with Gasteiger partial charge in [0.1, 0.15) is 0 Å². The Hall–Kier alpha value is -0.0800. The number of aliphatic hydroxyl groups excluding tert-OH is 2. The summed E-state index contributed by atoms with van der Waals surface area (Å²) in [7, 11) is 0. The number of hydrogen-bond acceptors (Lipinski definition) is 2. The lowest BCUT2D eigenvalue weighted by molar-refractivity contribution is 0.265. The van der Waals surface area contributed by atoms with Crippen molar-refractivity contribution in [1.29, 1.82) is 0 Å². The minimum atomic E-state index is 0.177. The van der Waals surface area contributed by atoms with Crippen molar-refractivity contribution < 1.29 is 10.2 Å². The van der Waals surface area contributed by atoms with Crippen LogP contribution in [0.4, 0.5) is 0 Å². The van der Waals surface area contributed by atoms with E-state index in [1.165, 1.54) is 0 Å². The minimum absolute atomic E-state index is 0.177. The summed E-state index contributed by atoms with van der Waals surface area (Å²) < 4.78 is 0. The van der Waals surface area contributed by atoms with E-state index in [-0.39, 0.29) is 13.2 Å². The van der Waals surface area contributed by atoms with Gasteiger partial charge in [0.15, 0.2) is 0 Å². The standard InChI is InChI=1S/C7H15O2/c1-2-7(6-9)4-3-5-8/h8-9H,2-6H2,1H3. The molecule has 0 aliphatic heterocycles. The Bertz CT molecular complexity index is 50.9. The van der Waals surface area contributed by atoms with Crippen LogP contribution >= 0.6 is 0 Å². The van der Waals surface area contributed by atoms with Gasteiger partial charge >= 0.3 is 0 Å². The molecule has 0 rings (SSSR count). The molecule has 0 aliphatic rings. The van der Waals surface area contributed by atoms with Crippen LogP contribution in [-0.4, -0.2) is 23.4 Å². The Morgan fingerprint density at radius 1 is 1.33 bits per heavy atom. The average Bonchev–Trinajstić information content (AvgIpc) is 1.91. The van der Waals surface area contributed by atoms with Crippen molar-refractivity contribution in [3.63, 3.8) is 0 Å². The Labute approximate surface area is 56.5 Å². The fourth-order valence-electron chi connectivity index (χ4n) is 0.697. The van der Waals surface area contributed by atoms with Gasteiger partial charge in [-0.1, -0.05) is 6.92 Å². The summed E-state index contributed by atoms with van der Waals surface area (Å²) in [5, 5.41) is 17.0. The van der Waals surface area contributed by atoms with Crippen molar-refractivity contribution in [2.24, 2.45) is 0 Å². The van der Waals surface area contributed by atoms with Crippen molar-refractivity contribution in [3.8, 4) is 0 Å². The largest absolute Gasteiger partial charge is 0.396 e. The van der Waals surface area contributed by atoms with Gasteiger partial charge in [-0.15, -0.1) is 0 Å². The monoisotopic (exact) mass is 131 g/mol. The lowest BCUT2D eigenvalue weighted by Gasteiger charge is -2.07. The number of rotatable bonds is 5. The molecule has 2 nitrogen and oxygen atoms in total. The first-order valence-corrected chi connectivity index (χ1v) is 3.40. The maximum Gasteiger partial charge on any atom is 0.0493 e. The molecule has 0 amide bonds. The first kappa shape index (κ1) is 8.92. The van der Waals surface area contributed by atoms with E-state index in [4.69, 9.17) is 10.2 Å². The van der Waals surface area contributed by atoms with Crippen LogP contribution < -0.4 is 0 Å². The van der Waals surface area contributed by atoms with Crippen LogP contribution in [0.2, 0.25) is 0 Å². The predicted molar refractivity (Wildman–Crippen MR) is 36.9 cm³/mol. The molecule has 0 bridgehead atoms. The molecule has 0 fully saturated rings. The quantitative estimate of drug-likeness (QED) is 0.577. The van der Waals surface area contributed by atoms with Gasteiger partial charge in [0.05, 0.1) is 0 Å². The summed E-state index contributed by atoms with van der Waals surface area (Å²) in [5.74, 6) is 1.13. The lowest BCUT2D eigenvalue weighted by atomic mass is 10.0. The Morgan fingerprint density at radius 3 is 2.33 bits per heavy atom. The van der Waals surface area contributed by atoms with E-state index in [1.54, 1.807) is 0 Å². The third-order valence-electron chi connectivity index (χ3n) is 1.41. The highest BCUT2D eigenvalue weighted by Crippen LogP contribution is 2.10. The zero-order valence-electron chi connectivity index (χ0n) is 5.93. The van der Waals surface area contributed by atoms with E-state index < -0.39 is 0 Å². The molecule has 0 spiro atoms. The number of hydrogen-bond donors (Lipinski definition) is 2. The lowest BCUT2D eigenvalue weighted by Crippen LogP contribution is -2.02. The zero-order chi connectivity index (χ0) is 7.11. The fourth-order valence-corrected chi connectivity index (χ4v) is 0.697. The van der Waals surface area contributed by atoms with Crippen LogP contribution in [0.25, 0.3) is 0 Å². The van der Waals surface area contributed by atoms with Crippen LogP contribution in [0.15, 0.2) is 0 Å². The summed E-state index contributed by atoms with van der Waals surface area (Å²) in [6, 6.07) is 0. The van der Waals surface area contributed by atoms with Gasteiger partial charge in [-0.25, -0.2) is 0 Å². The van der Waals surface area contributed by atoms with Crippen molar-refractivity contribution >= 4 is 0 Å². The summed E-state index contributed by atoms with van der Waals surface area (Å²) in [6.45, 7) is 2.42. The van der Waals surface area contributed by atoms with E-state index in [2.05, 4.69) is 0 Å². The van der Waals surface area contributed by atoms with Crippen LogP contribution in [0.1, 0.15) is 26.2 Å². The van der Waals surface area contributed by atoms with Gasteiger partial charge < -0.3 is 10.2 Å². The van der Waals surface area contributed by atoms with Gasteiger partial charge in [0.25, 0.3) is 0 Å². The highest BCUT2D eigenvalue weighted by atomic mass is 16.3. The smallest absolute Gasteiger partial charge is 0.0493 e. The second kappa shape index (κ2) is 6.05. The van der Waals surface area contributed by atoms with E-state index >= 15 is 0 Å². The molecule has 55 valence electrons. The molecular formula is C7H15O2. The molecule has 0 saturated carbocycles. The van der Waals surface area contributed by atoms with E-state index in [9.17, 15) is 0 Å². The van der Waals surface area contributed by atoms with Crippen LogP contribution in [0, 0.1) is 5.92 Å². The van der Waals surface area contributed by atoms with Crippen molar-refractivity contribution in [3.05, 3.63) is 5.92 Å². The average molecular weight is 131 g/mol. The molecule has 0 saturated heterocycles. The summed E-state index contributed by atoms with van der Waals surface area (Å²) >= 11 is 0. The minimum Gasteiger partial charge on any atom is -0.396 e. The second-order valence-corrected chi connectivity index (χ2v) is 2.09. The molecular weight excluding hydrogens is 116 g/mol. The van der Waals surface area contributed by atoms with Crippen LogP contribution in [0.3, 0.4) is 0 Å². The topological polar surface area (TPSA) is 40.5 Å². The highest BCUT2D eigenvalue weighted by Gasteiger charge is 2.02. The molecule has 0 aromatic carbocycles. The second-order valence-electron chi connectivity index (χ2n) is 2.09. The van der Waals surface area contributed by atoms with Gasteiger partial charge in [-0.05, 0) is 19.3 Å². The van der Waals surface area contributed by atoms with E-state index in [0.29, 0.717) is 0 Å². The Morgan fingerprint density at radius 2 is 2.00 bits per heavy atom. The van der Waals surface area contributed by atoms with Gasteiger partial charge in [0.2, 0.25) is 0 Å². The Kier molecular flexibility index (Phi) is 5.99. The maximum absolute atomic E-state index is 8.63. The fraction of sp³-hybridized carbons (Fsp3) is 0.857. The van der Waals surface area contributed by atoms with E-state index in [1.807, 2.05) is 6.92 Å². The summed E-state index contributed by atoms with van der Waals surface area (Å²) in [6.07, 6.45) is 2.57. The summed E-state index contributed by atoms with van der Waals surface area (Å²) in [5.41, 5.74) is 0. The van der Waals surface area contributed by atoms with Crippen LogP contribution in [0.5, 0.6) is 0 Å². The molecule has 0 unspecified atom stereocenters. The molecule has 9 heavy (non-hydrogen) atoms. The first-order valence-electron chi connectivity index (χ1n) is 3.40. The third kappa shape index (κ3) is 4.43. The normalized spacial score (nSPS) is 10.7. The van der Waals surface area contributed by atoms with Gasteiger partial charge in [-0.3, -0.25) is 0 Å². The van der Waals surface area contributed by atoms with Gasteiger partial charge in [0, 0.05) is 19.1 Å². The highest BCUT2D eigenvalue weighted by molar-refractivity contribution is 4.86. The van der Waals surface area contributed by atoms with Crippen molar-refractivity contribution in [2.75, 3.05) is 13.2 Å². The van der Waals surface area contributed by atoms with Crippen molar-refractivity contribution in [1.82, 2.24) is 0 Å². The molecule has 0 aromatic rings. The van der Waals surface area contributed by atoms with Gasteiger partial charge in [-0.2, -0.15) is 0 Å². The molecule has 1 radical (unpaired) electrons. The summed E-state index contributed by atoms with van der Waals surface area (Å²) in [4.78, 5) is 0. The SMILES string of the molecule is CC[C](CO)CCCO. The first-order chi connectivity index (χ1) is 4.35. The molecule has 0 aliphatic carbocycles. The Balaban J connectivity index is 3.09. The number of aliphatic hydroxyl groups is 2. The predicted octanol–water partition coefficient (Wildman–Crippen LogP) is 0.736. The van der Waals surface area contributed by atoms with Crippen LogP contribution in [-0.2, 0) is 0 Å². The molecule has 2 N–H and O–H groups in total. The molecule has 0 aromatic heterocycles. The van der Waals surface area contributed by atoms with E-state index in [0.717, 1.165) is 25.2 Å². The molecule has 0 heterocycles. The maximum atomic E-state index is 8.63. The third-order valence-corrected chi connectivity index (χ3v) is 1.41. The zero-order valence-corrected chi connectivity index (χ0v) is 5.93.